The van der Waals surface area contributed by atoms with Crippen LogP contribution in [0.2, 0.25) is 0 Å². The first-order chi connectivity index (χ1) is 4.74. The normalized spacial score (nSPS) is 9.90. The highest BCUT2D eigenvalue weighted by atomic mass is 33.1. The van der Waals surface area contributed by atoms with Gasteiger partial charge in [-0.2, -0.15) is 0 Å². The molecule has 0 atom stereocenters. The number of rotatable bonds is 1. The van der Waals surface area contributed by atoms with E-state index in [9.17, 15) is 0 Å². The molecule has 2 nitrogen and oxygen atoms in total. The van der Waals surface area contributed by atoms with Gasteiger partial charge in [-0.15, -0.1) is 11.7 Å². The maximum Gasteiger partial charge on any atom is 0.198 e. The highest BCUT2D eigenvalue weighted by molar-refractivity contribution is 8.68. The van der Waals surface area contributed by atoms with E-state index in [-0.39, 0.29) is 0 Å². The minimum atomic E-state index is 0.714. The SMILES string of the molecule is Cc1cnc(SS)nc1C. The Kier molecular flexibility index (Phi) is 2.56. The van der Waals surface area contributed by atoms with Crippen LogP contribution in [0.15, 0.2) is 11.4 Å². The van der Waals surface area contributed by atoms with Crippen molar-refractivity contribution in [2.75, 3.05) is 0 Å². The maximum absolute atomic E-state index is 4.17. The molecule has 1 heterocycles. The third-order valence-electron chi connectivity index (χ3n) is 1.28. The molecule has 0 spiro atoms. The monoisotopic (exact) mass is 172 g/mol. The number of hydrogen-bond donors (Lipinski definition) is 1. The zero-order valence-corrected chi connectivity index (χ0v) is 7.54. The van der Waals surface area contributed by atoms with Gasteiger partial charge in [0.2, 0.25) is 0 Å². The van der Waals surface area contributed by atoms with Crippen LogP contribution in [0.1, 0.15) is 11.3 Å². The molecule has 1 aromatic rings. The van der Waals surface area contributed by atoms with Crippen molar-refractivity contribution in [3.63, 3.8) is 0 Å². The summed E-state index contributed by atoms with van der Waals surface area (Å²) >= 11 is 3.98. The fourth-order valence-corrected chi connectivity index (χ4v) is 1.09. The zero-order chi connectivity index (χ0) is 7.56. The Morgan fingerprint density at radius 3 is 2.70 bits per heavy atom. The van der Waals surface area contributed by atoms with Crippen molar-refractivity contribution in [1.29, 1.82) is 0 Å². The van der Waals surface area contributed by atoms with E-state index in [1.807, 2.05) is 13.8 Å². The number of nitrogens with zero attached hydrogens (tertiary/aromatic N) is 2. The van der Waals surface area contributed by atoms with Crippen molar-refractivity contribution in [2.24, 2.45) is 0 Å². The first-order valence-electron chi connectivity index (χ1n) is 2.85. The van der Waals surface area contributed by atoms with Crippen LogP contribution in [0.25, 0.3) is 0 Å². The molecule has 0 fully saturated rings. The first-order valence-corrected chi connectivity index (χ1v) is 4.72. The predicted octanol–water partition coefficient (Wildman–Crippen LogP) is 2.03. The average Bonchev–Trinajstić information content (AvgIpc) is 1.95. The predicted molar refractivity (Wildman–Crippen MR) is 46.3 cm³/mol. The average molecular weight is 172 g/mol. The van der Waals surface area contributed by atoms with Gasteiger partial charge in [-0.25, -0.2) is 9.97 Å². The Morgan fingerprint density at radius 2 is 2.20 bits per heavy atom. The third-order valence-corrected chi connectivity index (χ3v) is 2.13. The minimum absolute atomic E-state index is 0.714. The molecular weight excluding hydrogens is 164 g/mol. The van der Waals surface area contributed by atoms with Crippen LogP contribution in [0.3, 0.4) is 0 Å². The molecule has 54 valence electrons. The van der Waals surface area contributed by atoms with Gasteiger partial charge in [-0.1, -0.05) is 0 Å². The second-order valence-corrected chi connectivity index (χ2v) is 3.11. The minimum Gasteiger partial charge on any atom is -0.230 e. The highest BCUT2D eigenvalue weighted by Gasteiger charge is 1.96. The summed E-state index contributed by atoms with van der Waals surface area (Å²) in [4.78, 5) is 8.20. The summed E-state index contributed by atoms with van der Waals surface area (Å²) in [6.45, 7) is 3.95. The van der Waals surface area contributed by atoms with E-state index in [0.717, 1.165) is 11.3 Å². The van der Waals surface area contributed by atoms with Gasteiger partial charge in [-0.3, -0.25) is 0 Å². The van der Waals surface area contributed by atoms with E-state index >= 15 is 0 Å². The van der Waals surface area contributed by atoms with E-state index in [1.54, 1.807) is 6.20 Å². The smallest absolute Gasteiger partial charge is 0.198 e. The van der Waals surface area contributed by atoms with Crippen LogP contribution >= 0.6 is 22.5 Å². The number of aryl methyl sites for hydroxylation is 2. The first kappa shape index (κ1) is 7.88. The van der Waals surface area contributed by atoms with Crippen LogP contribution in [0.5, 0.6) is 0 Å². The molecule has 0 aliphatic rings. The Balaban J connectivity index is 3.04. The lowest BCUT2D eigenvalue weighted by Gasteiger charge is -1.97. The van der Waals surface area contributed by atoms with Crippen LogP contribution in [-0.2, 0) is 0 Å². The van der Waals surface area contributed by atoms with Crippen molar-refractivity contribution in [2.45, 2.75) is 19.0 Å². The van der Waals surface area contributed by atoms with Crippen molar-refractivity contribution in [3.8, 4) is 0 Å². The molecule has 0 aliphatic carbocycles. The van der Waals surface area contributed by atoms with Gasteiger partial charge in [0.15, 0.2) is 5.16 Å². The van der Waals surface area contributed by atoms with Crippen molar-refractivity contribution >= 4 is 22.5 Å². The molecule has 0 saturated carbocycles. The van der Waals surface area contributed by atoms with E-state index in [2.05, 4.69) is 21.6 Å². The molecule has 0 bridgehead atoms. The Bertz CT molecular complexity index is 237. The topological polar surface area (TPSA) is 25.8 Å². The number of thiol groups is 1. The second kappa shape index (κ2) is 3.25. The standard InChI is InChI=1S/C6H8N2S2/c1-4-3-7-6(10-9)8-5(4)2/h3,9H,1-2H3. The molecule has 10 heavy (non-hydrogen) atoms. The van der Waals surface area contributed by atoms with Gasteiger partial charge in [0, 0.05) is 11.9 Å². The van der Waals surface area contributed by atoms with Crippen LogP contribution < -0.4 is 0 Å². The number of hydrogen-bond acceptors (Lipinski definition) is 4. The molecule has 0 unspecified atom stereocenters. The summed E-state index contributed by atoms with van der Waals surface area (Å²) in [5, 5.41) is 0.714. The molecule has 0 amide bonds. The van der Waals surface area contributed by atoms with E-state index in [4.69, 9.17) is 0 Å². The fourth-order valence-electron chi connectivity index (χ4n) is 0.550. The Labute approximate surface area is 69.3 Å². The maximum atomic E-state index is 4.17. The summed E-state index contributed by atoms with van der Waals surface area (Å²) in [5.74, 6) is 0. The summed E-state index contributed by atoms with van der Waals surface area (Å²) in [7, 11) is 1.26. The van der Waals surface area contributed by atoms with Gasteiger partial charge in [-0.05, 0) is 30.2 Å². The van der Waals surface area contributed by atoms with Crippen LogP contribution in [-0.4, -0.2) is 9.97 Å². The quantitative estimate of drug-likeness (QED) is 0.399. The molecule has 0 radical (unpaired) electrons. The van der Waals surface area contributed by atoms with Gasteiger partial charge in [0.05, 0.1) is 0 Å². The molecule has 1 aromatic heterocycles. The van der Waals surface area contributed by atoms with Gasteiger partial charge >= 0.3 is 0 Å². The molecular formula is C6H8N2S2. The summed E-state index contributed by atoms with van der Waals surface area (Å²) in [5.41, 5.74) is 2.14. The molecule has 0 N–H and O–H groups in total. The van der Waals surface area contributed by atoms with E-state index in [0.29, 0.717) is 5.16 Å². The summed E-state index contributed by atoms with van der Waals surface area (Å²) < 4.78 is 0. The van der Waals surface area contributed by atoms with Crippen LogP contribution in [0, 0.1) is 13.8 Å². The highest BCUT2D eigenvalue weighted by Crippen LogP contribution is 2.16. The number of aromatic nitrogens is 2. The third kappa shape index (κ3) is 1.64. The Hall–Kier alpha value is -0.220. The molecule has 0 saturated heterocycles. The van der Waals surface area contributed by atoms with Crippen molar-refractivity contribution in [3.05, 3.63) is 17.5 Å². The second-order valence-electron chi connectivity index (χ2n) is 2.01. The lowest BCUT2D eigenvalue weighted by atomic mass is 10.3. The lowest BCUT2D eigenvalue weighted by Crippen LogP contribution is -1.90. The van der Waals surface area contributed by atoms with E-state index in [1.165, 1.54) is 10.8 Å². The molecule has 0 aliphatic heterocycles. The molecule has 4 heteroatoms. The lowest BCUT2D eigenvalue weighted by molar-refractivity contribution is 0.918. The summed E-state index contributed by atoms with van der Waals surface area (Å²) in [6, 6.07) is 0. The molecule has 1 rings (SSSR count). The van der Waals surface area contributed by atoms with Gasteiger partial charge in [0.1, 0.15) is 0 Å². The van der Waals surface area contributed by atoms with Gasteiger partial charge < -0.3 is 0 Å². The van der Waals surface area contributed by atoms with Crippen LogP contribution in [0.4, 0.5) is 0 Å². The Morgan fingerprint density at radius 1 is 1.50 bits per heavy atom. The largest absolute Gasteiger partial charge is 0.230 e. The summed E-state index contributed by atoms with van der Waals surface area (Å²) in [6.07, 6.45) is 1.81. The zero-order valence-electron chi connectivity index (χ0n) is 5.83. The van der Waals surface area contributed by atoms with E-state index < -0.39 is 0 Å². The molecule has 0 aromatic carbocycles. The van der Waals surface area contributed by atoms with Gasteiger partial charge in [0.25, 0.3) is 0 Å². The fraction of sp³-hybridized carbons (Fsp3) is 0.333. The van der Waals surface area contributed by atoms with Crippen molar-refractivity contribution in [1.82, 2.24) is 9.97 Å². The van der Waals surface area contributed by atoms with Crippen molar-refractivity contribution < 1.29 is 0 Å².